The summed E-state index contributed by atoms with van der Waals surface area (Å²) in [5, 5.41) is 14.9. The van der Waals surface area contributed by atoms with Crippen molar-refractivity contribution in [3.63, 3.8) is 0 Å². The third kappa shape index (κ3) is 2.74. The zero-order valence-electron chi connectivity index (χ0n) is 11.2. The predicted molar refractivity (Wildman–Crippen MR) is 72.5 cm³/mol. The molecule has 19 heavy (non-hydrogen) atoms. The number of aromatic nitrogens is 3. The van der Waals surface area contributed by atoms with Crippen molar-refractivity contribution in [2.75, 3.05) is 0 Å². The maximum atomic E-state index is 8.79. The van der Waals surface area contributed by atoms with Gasteiger partial charge in [0.05, 0.1) is 11.4 Å². The summed E-state index contributed by atoms with van der Waals surface area (Å²) in [4.78, 5) is 2.93. The van der Waals surface area contributed by atoms with Crippen LogP contribution in [0.5, 0.6) is 0 Å². The van der Waals surface area contributed by atoms with Crippen LogP contribution in [0.15, 0.2) is 35.4 Å². The Labute approximate surface area is 111 Å². The Kier molecular flexibility index (Phi) is 3.53. The van der Waals surface area contributed by atoms with E-state index in [1.807, 2.05) is 51.1 Å². The monoisotopic (exact) mass is 256 g/mol. The molecule has 0 aliphatic carbocycles. The van der Waals surface area contributed by atoms with Gasteiger partial charge in [-0.25, -0.2) is 0 Å². The van der Waals surface area contributed by atoms with Gasteiger partial charge >= 0.3 is 0 Å². The molecule has 2 aromatic rings. The first kappa shape index (κ1) is 13.1. The molecule has 1 aromatic carbocycles. The number of H-pyrrole nitrogens is 1. The second-order valence-corrected chi connectivity index (χ2v) is 5.33. The normalized spacial score (nSPS) is 12.8. The molecular weight excluding hydrogens is 240 g/mol. The molecule has 0 aliphatic rings. The lowest BCUT2D eigenvalue weighted by atomic mass is 9.88. The molecule has 0 amide bonds. The van der Waals surface area contributed by atoms with E-state index in [1.165, 1.54) is 0 Å². The van der Waals surface area contributed by atoms with Crippen LogP contribution in [0.1, 0.15) is 43.8 Å². The number of rotatable bonds is 3. The molecule has 1 N–H and O–H groups in total. The Balaban J connectivity index is 2.53. The number of hydrogen-bond donors (Lipinski definition) is 1. The quantitative estimate of drug-likeness (QED) is 0.517. The van der Waals surface area contributed by atoms with Gasteiger partial charge in [0.2, 0.25) is 0 Å². The number of aromatic amines is 1. The standard InChI is InChI=1S/C13H16N6/c1-13(2,3)12-11(16-19-17-12)10(15-18-14)9-7-5-4-6-8-9/h4-8,10H,1-3H3,(H,16,17,19). The third-order valence-electron chi connectivity index (χ3n) is 2.83. The summed E-state index contributed by atoms with van der Waals surface area (Å²) in [7, 11) is 0. The number of nitrogens with zero attached hydrogens (tertiary/aromatic N) is 5. The van der Waals surface area contributed by atoms with Gasteiger partial charge < -0.3 is 0 Å². The topological polar surface area (TPSA) is 90.3 Å². The van der Waals surface area contributed by atoms with Gasteiger partial charge in [0, 0.05) is 10.3 Å². The maximum Gasteiger partial charge on any atom is 0.109 e. The molecule has 0 spiro atoms. The first-order valence-electron chi connectivity index (χ1n) is 6.04. The van der Waals surface area contributed by atoms with Gasteiger partial charge in [-0.3, -0.25) is 0 Å². The minimum atomic E-state index is -0.459. The molecule has 0 fully saturated rings. The summed E-state index contributed by atoms with van der Waals surface area (Å²) in [5.74, 6) is 0. The van der Waals surface area contributed by atoms with Crippen LogP contribution < -0.4 is 0 Å². The van der Waals surface area contributed by atoms with E-state index in [4.69, 9.17) is 5.53 Å². The van der Waals surface area contributed by atoms with Crippen molar-refractivity contribution >= 4 is 0 Å². The van der Waals surface area contributed by atoms with Crippen LogP contribution in [-0.4, -0.2) is 15.4 Å². The summed E-state index contributed by atoms with van der Waals surface area (Å²) < 4.78 is 0. The van der Waals surface area contributed by atoms with Crippen molar-refractivity contribution in [2.45, 2.75) is 32.2 Å². The lowest BCUT2D eigenvalue weighted by molar-refractivity contribution is 0.556. The molecule has 6 nitrogen and oxygen atoms in total. The molecular formula is C13H16N6. The smallest absolute Gasteiger partial charge is 0.109 e. The van der Waals surface area contributed by atoms with E-state index in [-0.39, 0.29) is 5.41 Å². The van der Waals surface area contributed by atoms with Crippen LogP contribution in [0.2, 0.25) is 0 Å². The van der Waals surface area contributed by atoms with Crippen molar-refractivity contribution in [3.8, 4) is 0 Å². The molecule has 1 atom stereocenters. The van der Waals surface area contributed by atoms with Crippen LogP contribution >= 0.6 is 0 Å². The highest BCUT2D eigenvalue weighted by Crippen LogP contribution is 2.31. The van der Waals surface area contributed by atoms with E-state index in [1.54, 1.807) is 0 Å². The molecule has 2 rings (SSSR count). The largest absolute Gasteiger partial charge is 0.197 e. The van der Waals surface area contributed by atoms with Crippen LogP contribution in [0.3, 0.4) is 0 Å². The van der Waals surface area contributed by atoms with Crippen molar-refractivity contribution in [2.24, 2.45) is 5.11 Å². The van der Waals surface area contributed by atoms with E-state index < -0.39 is 6.04 Å². The second-order valence-electron chi connectivity index (χ2n) is 5.33. The number of azide groups is 1. The highest BCUT2D eigenvalue weighted by Gasteiger charge is 2.27. The zero-order chi connectivity index (χ0) is 13.9. The van der Waals surface area contributed by atoms with Crippen molar-refractivity contribution in [1.29, 1.82) is 0 Å². The lowest BCUT2D eigenvalue weighted by Crippen LogP contribution is -2.16. The Morgan fingerprint density at radius 3 is 2.47 bits per heavy atom. The first-order chi connectivity index (χ1) is 9.04. The lowest BCUT2D eigenvalue weighted by Gasteiger charge is -2.19. The maximum absolute atomic E-state index is 8.79. The zero-order valence-corrected chi connectivity index (χ0v) is 11.2. The summed E-state index contributed by atoms with van der Waals surface area (Å²) in [5.41, 5.74) is 11.0. The molecule has 6 heteroatoms. The van der Waals surface area contributed by atoms with Gasteiger partial charge in [-0.15, -0.1) is 0 Å². The molecule has 0 saturated carbocycles. The van der Waals surface area contributed by atoms with E-state index in [0.29, 0.717) is 5.69 Å². The van der Waals surface area contributed by atoms with Gasteiger partial charge in [0.25, 0.3) is 0 Å². The van der Waals surface area contributed by atoms with E-state index >= 15 is 0 Å². The Morgan fingerprint density at radius 2 is 1.89 bits per heavy atom. The van der Waals surface area contributed by atoms with Crippen LogP contribution in [0, 0.1) is 0 Å². The molecule has 0 bridgehead atoms. The predicted octanol–water partition coefficient (Wildman–Crippen LogP) is 3.50. The van der Waals surface area contributed by atoms with Crippen molar-refractivity contribution in [1.82, 2.24) is 15.4 Å². The van der Waals surface area contributed by atoms with Gasteiger partial charge in [0.1, 0.15) is 6.04 Å². The van der Waals surface area contributed by atoms with E-state index in [2.05, 4.69) is 25.4 Å². The SMILES string of the molecule is CC(C)(C)c1n[nH]nc1C(N=[N+]=[N-])c1ccccc1. The van der Waals surface area contributed by atoms with Crippen LogP contribution in [0.4, 0.5) is 0 Å². The summed E-state index contributed by atoms with van der Waals surface area (Å²) >= 11 is 0. The summed E-state index contributed by atoms with van der Waals surface area (Å²) in [6.45, 7) is 6.14. The first-order valence-corrected chi connectivity index (χ1v) is 6.04. The van der Waals surface area contributed by atoms with Gasteiger partial charge in [-0.2, -0.15) is 15.4 Å². The molecule has 0 aliphatic heterocycles. The molecule has 1 unspecified atom stereocenters. The van der Waals surface area contributed by atoms with Crippen LogP contribution in [0.25, 0.3) is 10.4 Å². The fraction of sp³-hybridized carbons (Fsp3) is 0.385. The van der Waals surface area contributed by atoms with E-state index in [0.717, 1.165) is 11.3 Å². The average molecular weight is 256 g/mol. The summed E-state index contributed by atoms with van der Waals surface area (Å²) in [6, 6.07) is 9.11. The van der Waals surface area contributed by atoms with Crippen molar-refractivity contribution in [3.05, 3.63) is 57.7 Å². The van der Waals surface area contributed by atoms with Crippen molar-refractivity contribution < 1.29 is 0 Å². The molecule has 98 valence electrons. The molecule has 1 heterocycles. The number of hydrogen-bond acceptors (Lipinski definition) is 3. The summed E-state index contributed by atoms with van der Waals surface area (Å²) in [6.07, 6.45) is 0. The van der Waals surface area contributed by atoms with E-state index in [9.17, 15) is 0 Å². The van der Waals surface area contributed by atoms with Gasteiger partial charge in [-0.05, 0) is 11.1 Å². The van der Waals surface area contributed by atoms with Gasteiger partial charge in [0.15, 0.2) is 0 Å². The fourth-order valence-electron chi connectivity index (χ4n) is 1.95. The number of benzene rings is 1. The molecule has 1 aromatic heterocycles. The Hall–Kier alpha value is -2.33. The highest BCUT2D eigenvalue weighted by atomic mass is 15.3. The molecule has 0 radical (unpaired) electrons. The van der Waals surface area contributed by atoms with Crippen LogP contribution in [-0.2, 0) is 5.41 Å². The second kappa shape index (κ2) is 5.12. The third-order valence-corrected chi connectivity index (χ3v) is 2.83. The fourth-order valence-corrected chi connectivity index (χ4v) is 1.95. The average Bonchev–Trinajstić information content (AvgIpc) is 2.86. The Morgan fingerprint density at radius 1 is 1.21 bits per heavy atom. The highest BCUT2D eigenvalue weighted by molar-refractivity contribution is 5.32. The molecule has 0 saturated heterocycles. The van der Waals surface area contributed by atoms with Gasteiger partial charge in [-0.1, -0.05) is 56.2 Å². The number of nitrogens with one attached hydrogen (secondary N) is 1. The minimum Gasteiger partial charge on any atom is -0.197 e. The minimum absolute atomic E-state index is 0.166. The Bertz CT molecular complexity index is 589.